The number of hydrogen-bond acceptors (Lipinski definition) is 4. The van der Waals surface area contributed by atoms with Crippen LogP contribution in [0.2, 0.25) is 10.0 Å². The summed E-state index contributed by atoms with van der Waals surface area (Å²) >= 11 is 13.3. The second-order valence-electron chi connectivity index (χ2n) is 5.94. The highest BCUT2D eigenvalue weighted by Crippen LogP contribution is 2.34. The van der Waals surface area contributed by atoms with Crippen molar-refractivity contribution >= 4 is 52.8 Å². The van der Waals surface area contributed by atoms with E-state index in [9.17, 15) is 14.4 Å². The van der Waals surface area contributed by atoms with Gasteiger partial charge in [0.1, 0.15) is 5.54 Å². The third-order valence-electron chi connectivity index (χ3n) is 4.05. The number of urea groups is 1. The fraction of sp³-hybridized carbons (Fsp3) is 0.167. The van der Waals surface area contributed by atoms with Crippen molar-refractivity contribution in [1.29, 1.82) is 0 Å². The van der Waals surface area contributed by atoms with Crippen LogP contribution < -0.4 is 10.7 Å². The summed E-state index contributed by atoms with van der Waals surface area (Å²) in [6.45, 7) is 1.59. The zero-order valence-corrected chi connectivity index (χ0v) is 16.5. The van der Waals surface area contributed by atoms with Crippen molar-refractivity contribution < 1.29 is 14.4 Å². The van der Waals surface area contributed by atoms with Gasteiger partial charge in [-0.1, -0.05) is 59.6 Å². The van der Waals surface area contributed by atoms with E-state index in [0.717, 1.165) is 11.8 Å². The first kappa shape index (κ1) is 19.5. The Hall–Kier alpha value is -2.22. The maximum atomic E-state index is 12.7. The number of rotatable bonds is 5. The van der Waals surface area contributed by atoms with Crippen LogP contribution in [0.5, 0.6) is 0 Å². The fourth-order valence-electron chi connectivity index (χ4n) is 2.62. The quantitative estimate of drug-likeness (QED) is 0.568. The van der Waals surface area contributed by atoms with Crippen LogP contribution in [0.3, 0.4) is 0 Å². The summed E-state index contributed by atoms with van der Waals surface area (Å²) in [5.41, 5.74) is 1.72. The standard InChI is InChI=1S/C18H15Cl2N3O3S/c1-18(11-6-3-2-4-7-11)16(25)23(17(26)21-18)22-14(24)10-27-15-12(19)8-5-9-13(15)20/h2-9H,10H2,1H3,(H,21,26)(H,22,24). The average Bonchev–Trinajstić information content (AvgIpc) is 2.86. The summed E-state index contributed by atoms with van der Waals surface area (Å²) in [6, 6.07) is 13.2. The number of imide groups is 1. The van der Waals surface area contributed by atoms with E-state index in [-0.39, 0.29) is 5.75 Å². The molecule has 0 bridgehead atoms. The predicted octanol–water partition coefficient (Wildman–Crippen LogP) is 3.58. The van der Waals surface area contributed by atoms with Crippen molar-refractivity contribution in [2.45, 2.75) is 17.4 Å². The van der Waals surface area contributed by atoms with Gasteiger partial charge in [0.25, 0.3) is 5.91 Å². The van der Waals surface area contributed by atoms with E-state index in [0.29, 0.717) is 25.5 Å². The SMILES string of the molecule is CC1(c2ccccc2)NC(=O)N(NC(=O)CSc2c(Cl)cccc2Cl)C1=O. The molecule has 1 aliphatic heterocycles. The zero-order valence-electron chi connectivity index (χ0n) is 14.2. The van der Waals surface area contributed by atoms with Crippen LogP contribution in [0, 0.1) is 0 Å². The molecular weight excluding hydrogens is 409 g/mol. The number of amides is 4. The highest BCUT2D eigenvalue weighted by atomic mass is 35.5. The van der Waals surface area contributed by atoms with Crippen LogP contribution in [0.1, 0.15) is 12.5 Å². The number of benzene rings is 2. The molecule has 0 aromatic heterocycles. The Morgan fingerprint density at radius 1 is 1.11 bits per heavy atom. The Morgan fingerprint density at radius 3 is 2.37 bits per heavy atom. The molecule has 6 nitrogen and oxygen atoms in total. The van der Waals surface area contributed by atoms with Crippen molar-refractivity contribution in [1.82, 2.24) is 15.8 Å². The van der Waals surface area contributed by atoms with Crippen LogP contribution in [0.15, 0.2) is 53.4 Å². The highest BCUT2D eigenvalue weighted by Gasteiger charge is 2.49. The molecule has 140 valence electrons. The van der Waals surface area contributed by atoms with Crippen molar-refractivity contribution in [3.8, 4) is 0 Å². The van der Waals surface area contributed by atoms with Crippen molar-refractivity contribution in [3.05, 3.63) is 64.1 Å². The molecule has 2 aromatic rings. The van der Waals surface area contributed by atoms with Gasteiger partial charge in [-0.25, -0.2) is 4.79 Å². The van der Waals surface area contributed by atoms with E-state index in [2.05, 4.69) is 10.7 Å². The van der Waals surface area contributed by atoms with Crippen molar-refractivity contribution in [3.63, 3.8) is 0 Å². The summed E-state index contributed by atoms with van der Waals surface area (Å²) in [7, 11) is 0. The molecule has 1 atom stereocenters. The lowest BCUT2D eigenvalue weighted by molar-refractivity contribution is -0.138. The van der Waals surface area contributed by atoms with Crippen LogP contribution in [0.4, 0.5) is 4.79 Å². The van der Waals surface area contributed by atoms with Gasteiger partial charge >= 0.3 is 6.03 Å². The Kier molecular flexibility index (Phi) is 5.64. The van der Waals surface area contributed by atoms with Gasteiger partial charge in [-0.2, -0.15) is 5.01 Å². The molecule has 2 aromatic carbocycles. The molecule has 1 heterocycles. The van der Waals surface area contributed by atoms with Gasteiger partial charge < -0.3 is 5.32 Å². The monoisotopic (exact) mass is 423 g/mol. The van der Waals surface area contributed by atoms with E-state index in [1.807, 2.05) is 6.07 Å². The first-order valence-electron chi connectivity index (χ1n) is 7.91. The van der Waals surface area contributed by atoms with Crippen LogP contribution in [-0.2, 0) is 15.1 Å². The maximum Gasteiger partial charge on any atom is 0.344 e. The number of hydrazine groups is 1. The third-order valence-corrected chi connectivity index (χ3v) is 6.03. The largest absolute Gasteiger partial charge is 0.344 e. The highest BCUT2D eigenvalue weighted by molar-refractivity contribution is 8.00. The second kappa shape index (κ2) is 7.80. The number of carbonyl (C=O) groups excluding carboxylic acids is 3. The summed E-state index contributed by atoms with van der Waals surface area (Å²) in [5.74, 6) is -1.16. The molecule has 0 saturated carbocycles. The first-order chi connectivity index (χ1) is 12.8. The Bertz CT molecular complexity index is 890. The summed E-state index contributed by atoms with van der Waals surface area (Å²) in [5, 5.41) is 4.16. The molecular formula is C18H15Cl2N3O3S. The molecule has 3 rings (SSSR count). The molecule has 0 spiro atoms. The lowest BCUT2D eigenvalue weighted by atomic mass is 9.92. The molecule has 1 unspecified atom stereocenters. The van der Waals surface area contributed by atoms with Crippen LogP contribution >= 0.6 is 35.0 Å². The van der Waals surface area contributed by atoms with Gasteiger partial charge in [0.15, 0.2) is 0 Å². The van der Waals surface area contributed by atoms with Crippen molar-refractivity contribution in [2.24, 2.45) is 0 Å². The fourth-order valence-corrected chi connectivity index (χ4v) is 4.10. The first-order valence-corrected chi connectivity index (χ1v) is 9.65. The molecule has 0 aliphatic carbocycles. The Morgan fingerprint density at radius 2 is 1.74 bits per heavy atom. The minimum Gasteiger partial charge on any atom is -0.318 e. The third kappa shape index (κ3) is 3.90. The summed E-state index contributed by atoms with van der Waals surface area (Å²) in [4.78, 5) is 37.8. The molecule has 2 N–H and O–H groups in total. The number of hydrogen-bond donors (Lipinski definition) is 2. The van der Waals surface area contributed by atoms with Crippen molar-refractivity contribution in [2.75, 3.05) is 5.75 Å². The number of nitrogens with zero attached hydrogens (tertiary/aromatic N) is 1. The van der Waals surface area contributed by atoms with Gasteiger partial charge in [-0.05, 0) is 24.6 Å². The van der Waals surface area contributed by atoms with E-state index in [4.69, 9.17) is 23.2 Å². The number of thioether (sulfide) groups is 1. The van der Waals surface area contributed by atoms with E-state index < -0.39 is 23.4 Å². The van der Waals surface area contributed by atoms with E-state index in [1.54, 1.807) is 49.4 Å². The van der Waals surface area contributed by atoms with Gasteiger partial charge in [0.05, 0.1) is 15.8 Å². The van der Waals surface area contributed by atoms with Crippen LogP contribution in [0.25, 0.3) is 0 Å². The van der Waals surface area contributed by atoms with E-state index in [1.165, 1.54) is 0 Å². The maximum absolute atomic E-state index is 12.7. The van der Waals surface area contributed by atoms with Crippen LogP contribution in [-0.4, -0.2) is 28.6 Å². The number of carbonyl (C=O) groups is 3. The average molecular weight is 424 g/mol. The predicted molar refractivity (Wildman–Crippen MR) is 105 cm³/mol. The van der Waals surface area contributed by atoms with E-state index >= 15 is 0 Å². The summed E-state index contributed by atoms with van der Waals surface area (Å²) in [6.07, 6.45) is 0. The Balaban J connectivity index is 1.68. The Labute approximate surface area is 170 Å². The van der Waals surface area contributed by atoms with Gasteiger partial charge in [-0.15, -0.1) is 11.8 Å². The second-order valence-corrected chi connectivity index (χ2v) is 7.74. The normalized spacial score (nSPS) is 19.1. The van der Waals surface area contributed by atoms with Gasteiger partial charge in [0, 0.05) is 4.90 Å². The number of halogens is 2. The molecule has 4 amide bonds. The minimum absolute atomic E-state index is 0.0669. The summed E-state index contributed by atoms with van der Waals surface area (Å²) < 4.78 is 0. The van der Waals surface area contributed by atoms with Gasteiger partial charge in [-0.3, -0.25) is 15.0 Å². The lowest BCUT2D eigenvalue weighted by Gasteiger charge is -2.22. The molecule has 27 heavy (non-hydrogen) atoms. The smallest absolute Gasteiger partial charge is 0.318 e. The zero-order chi connectivity index (χ0) is 19.6. The molecule has 1 saturated heterocycles. The minimum atomic E-state index is -1.25. The molecule has 1 fully saturated rings. The molecule has 1 aliphatic rings. The lowest BCUT2D eigenvalue weighted by Crippen LogP contribution is -2.48. The van der Waals surface area contributed by atoms with Gasteiger partial charge in [0.2, 0.25) is 5.91 Å². The topological polar surface area (TPSA) is 78.5 Å². The molecule has 9 heteroatoms. The number of nitrogens with one attached hydrogen (secondary N) is 2. The molecule has 0 radical (unpaired) electrons.